The predicted molar refractivity (Wildman–Crippen MR) is 74.3 cm³/mol. The molecule has 0 saturated carbocycles. The van der Waals surface area contributed by atoms with Crippen molar-refractivity contribution in [2.75, 3.05) is 13.7 Å². The van der Waals surface area contributed by atoms with Gasteiger partial charge in [-0.25, -0.2) is 0 Å². The number of hydrogen-bond acceptors (Lipinski definition) is 2. The van der Waals surface area contributed by atoms with Crippen LogP contribution in [0.4, 0.5) is 0 Å². The molecule has 0 aromatic heterocycles. The zero-order valence-electron chi connectivity index (χ0n) is 9.59. The van der Waals surface area contributed by atoms with Gasteiger partial charge in [0.1, 0.15) is 5.76 Å². The van der Waals surface area contributed by atoms with Gasteiger partial charge in [0.05, 0.1) is 12.6 Å². The van der Waals surface area contributed by atoms with E-state index >= 15 is 0 Å². The summed E-state index contributed by atoms with van der Waals surface area (Å²) in [6.07, 6.45) is 3.20. The lowest BCUT2D eigenvalue weighted by Crippen LogP contribution is -2.20. The summed E-state index contributed by atoms with van der Waals surface area (Å²) in [6, 6.07) is 6.60. The molecule has 1 N–H and O–H groups in total. The van der Waals surface area contributed by atoms with Crippen molar-refractivity contribution in [1.29, 1.82) is 0 Å². The summed E-state index contributed by atoms with van der Waals surface area (Å²) in [5.41, 5.74) is 2.62. The second-order valence-corrected chi connectivity index (χ2v) is 5.02. The Morgan fingerprint density at radius 2 is 2.25 bits per heavy atom. The lowest BCUT2D eigenvalue weighted by atomic mass is 10.0. The Labute approximate surface area is 110 Å². The number of rotatable bonds is 3. The van der Waals surface area contributed by atoms with Crippen molar-refractivity contribution >= 4 is 22.6 Å². The van der Waals surface area contributed by atoms with Gasteiger partial charge in [0.25, 0.3) is 0 Å². The molecule has 3 heteroatoms. The van der Waals surface area contributed by atoms with E-state index in [0.29, 0.717) is 0 Å². The highest BCUT2D eigenvalue weighted by atomic mass is 127. The van der Waals surface area contributed by atoms with Crippen LogP contribution in [0.2, 0.25) is 0 Å². The summed E-state index contributed by atoms with van der Waals surface area (Å²) < 4.78 is 6.97. The predicted octanol–water partition coefficient (Wildman–Crippen LogP) is 3.16. The van der Waals surface area contributed by atoms with Crippen molar-refractivity contribution in [3.63, 3.8) is 0 Å². The normalized spacial score (nSPS) is 16.8. The van der Waals surface area contributed by atoms with Gasteiger partial charge in [0, 0.05) is 9.99 Å². The summed E-state index contributed by atoms with van der Waals surface area (Å²) in [4.78, 5) is 0. The van der Waals surface area contributed by atoms with E-state index in [0.717, 1.165) is 18.8 Å². The fourth-order valence-corrected chi connectivity index (χ4v) is 2.65. The lowest BCUT2D eigenvalue weighted by molar-refractivity contribution is 0.218. The van der Waals surface area contributed by atoms with E-state index in [1.54, 1.807) is 0 Å². The first-order valence-electron chi connectivity index (χ1n) is 5.49. The molecule has 2 nitrogen and oxygen atoms in total. The van der Waals surface area contributed by atoms with Crippen LogP contribution in [0.1, 0.15) is 23.6 Å². The quantitative estimate of drug-likeness (QED) is 0.860. The molecule has 1 heterocycles. The summed E-state index contributed by atoms with van der Waals surface area (Å²) in [7, 11) is 1.98. The highest BCUT2D eigenvalue weighted by molar-refractivity contribution is 14.1. The second-order valence-electron chi connectivity index (χ2n) is 3.94. The van der Waals surface area contributed by atoms with Gasteiger partial charge in [-0.1, -0.05) is 18.2 Å². The van der Waals surface area contributed by atoms with E-state index < -0.39 is 0 Å². The third-order valence-electron chi connectivity index (χ3n) is 2.84. The van der Waals surface area contributed by atoms with Gasteiger partial charge >= 0.3 is 0 Å². The minimum atomic E-state index is 0.189. The molecule has 0 fully saturated rings. The maximum absolute atomic E-state index is 5.65. The number of hydrogen-bond donors (Lipinski definition) is 1. The van der Waals surface area contributed by atoms with Crippen molar-refractivity contribution in [3.05, 3.63) is 44.7 Å². The molecule has 0 spiro atoms. The van der Waals surface area contributed by atoms with E-state index in [1.807, 2.05) is 7.05 Å². The lowest BCUT2D eigenvalue weighted by Gasteiger charge is -2.20. The molecule has 0 saturated heterocycles. The molecule has 0 bridgehead atoms. The molecule has 16 heavy (non-hydrogen) atoms. The molecule has 2 rings (SSSR count). The Bertz CT molecular complexity index is 414. The van der Waals surface area contributed by atoms with Gasteiger partial charge in [-0.2, -0.15) is 0 Å². The minimum Gasteiger partial charge on any atom is -0.496 e. The van der Waals surface area contributed by atoms with Crippen LogP contribution in [0, 0.1) is 10.5 Å². The maximum atomic E-state index is 5.65. The average Bonchev–Trinajstić information content (AvgIpc) is 2.79. The van der Waals surface area contributed by atoms with Crippen molar-refractivity contribution in [2.24, 2.45) is 0 Å². The fourth-order valence-electron chi connectivity index (χ4n) is 1.98. The number of benzene rings is 1. The fraction of sp³-hybridized carbons (Fsp3) is 0.385. The molecule has 1 unspecified atom stereocenters. The van der Waals surface area contributed by atoms with Crippen LogP contribution in [-0.4, -0.2) is 13.7 Å². The SMILES string of the molecule is CNC(C1=CCCO1)c1cccc(C)c1I. The molecule has 1 aromatic rings. The first-order chi connectivity index (χ1) is 7.74. The molecule has 1 aliphatic rings. The van der Waals surface area contributed by atoms with Crippen molar-refractivity contribution in [1.82, 2.24) is 5.32 Å². The van der Waals surface area contributed by atoms with Crippen LogP contribution >= 0.6 is 22.6 Å². The van der Waals surface area contributed by atoms with Crippen LogP contribution in [-0.2, 0) is 4.74 Å². The van der Waals surface area contributed by atoms with E-state index in [4.69, 9.17) is 4.74 Å². The number of halogens is 1. The van der Waals surface area contributed by atoms with Gasteiger partial charge < -0.3 is 10.1 Å². The zero-order chi connectivity index (χ0) is 11.5. The standard InChI is InChI=1S/C13H16INO/c1-9-5-3-6-10(12(9)14)13(15-2)11-7-4-8-16-11/h3,5-7,13,15H,4,8H2,1-2H3. The molecule has 0 aliphatic carbocycles. The third kappa shape index (κ3) is 2.25. The summed E-state index contributed by atoms with van der Waals surface area (Å²) >= 11 is 2.41. The highest BCUT2D eigenvalue weighted by Crippen LogP contribution is 2.30. The monoisotopic (exact) mass is 329 g/mol. The average molecular weight is 329 g/mol. The summed E-state index contributed by atoms with van der Waals surface area (Å²) in [5, 5.41) is 3.33. The number of nitrogens with one attached hydrogen (secondary N) is 1. The van der Waals surface area contributed by atoms with E-state index in [2.05, 4.69) is 59.1 Å². The van der Waals surface area contributed by atoms with Crippen LogP contribution in [0.5, 0.6) is 0 Å². The van der Waals surface area contributed by atoms with Crippen LogP contribution in [0.3, 0.4) is 0 Å². The van der Waals surface area contributed by atoms with Gasteiger partial charge in [-0.15, -0.1) is 0 Å². The zero-order valence-corrected chi connectivity index (χ0v) is 11.7. The van der Waals surface area contributed by atoms with E-state index in [-0.39, 0.29) is 6.04 Å². The van der Waals surface area contributed by atoms with Gasteiger partial charge in [-0.05, 0) is 53.8 Å². The topological polar surface area (TPSA) is 21.3 Å². The highest BCUT2D eigenvalue weighted by Gasteiger charge is 2.21. The Morgan fingerprint density at radius 1 is 1.44 bits per heavy atom. The van der Waals surface area contributed by atoms with E-state index in [9.17, 15) is 0 Å². The first-order valence-corrected chi connectivity index (χ1v) is 6.57. The smallest absolute Gasteiger partial charge is 0.114 e. The molecular formula is C13H16INO. The van der Waals surface area contributed by atoms with Gasteiger partial charge in [0.2, 0.25) is 0 Å². The number of aryl methyl sites for hydroxylation is 1. The largest absolute Gasteiger partial charge is 0.496 e. The molecule has 0 amide bonds. The second kappa shape index (κ2) is 5.19. The third-order valence-corrected chi connectivity index (χ3v) is 4.31. The Kier molecular flexibility index (Phi) is 3.86. The van der Waals surface area contributed by atoms with Crippen LogP contribution < -0.4 is 5.32 Å². The molecule has 86 valence electrons. The van der Waals surface area contributed by atoms with Gasteiger partial charge in [0.15, 0.2) is 0 Å². The molecule has 1 aromatic carbocycles. The van der Waals surface area contributed by atoms with Crippen molar-refractivity contribution in [2.45, 2.75) is 19.4 Å². The number of likely N-dealkylation sites (N-methyl/N-ethyl adjacent to an activating group) is 1. The van der Waals surface area contributed by atoms with Crippen LogP contribution in [0.15, 0.2) is 30.0 Å². The van der Waals surface area contributed by atoms with E-state index in [1.165, 1.54) is 14.7 Å². The minimum absolute atomic E-state index is 0.189. The molecule has 1 atom stereocenters. The Balaban J connectivity index is 2.36. The van der Waals surface area contributed by atoms with Gasteiger partial charge in [-0.3, -0.25) is 0 Å². The maximum Gasteiger partial charge on any atom is 0.114 e. The molecule has 0 radical (unpaired) electrons. The summed E-state index contributed by atoms with van der Waals surface area (Å²) in [5.74, 6) is 1.06. The molecular weight excluding hydrogens is 313 g/mol. The molecule has 1 aliphatic heterocycles. The Morgan fingerprint density at radius 3 is 2.88 bits per heavy atom. The van der Waals surface area contributed by atoms with Crippen molar-refractivity contribution < 1.29 is 4.74 Å². The summed E-state index contributed by atoms with van der Waals surface area (Å²) in [6.45, 7) is 2.96. The first kappa shape index (κ1) is 11.9. The Hall–Kier alpha value is -0.550. The van der Waals surface area contributed by atoms with Crippen LogP contribution in [0.25, 0.3) is 0 Å². The number of ether oxygens (including phenoxy) is 1. The van der Waals surface area contributed by atoms with Crippen molar-refractivity contribution in [3.8, 4) is 0 Å².